The first-order valence-electron chi connectivity index (χ1n) is 6.66. The second-order valence-electron chi connectivity index (χ2n) is 4.68. The molecule has 1 unspecified atom stereocenters. The summed E-state index contributed by atoms with van der Waals surface area (Å²) in [6.07, 6.45) is 4.69. The number of halogens is 1. The molecule has 0 saturated carbocycles. The van der Waals surface area contributed by atoms with Crippen LogP contribution in [0.2, 0.25) is 0 Å². The molecule has 1 heterocycles. The van der Waals surface area contributed by atoms with E-state index in [1.54, 1.807) is 13.3 Å². The fourth-order valence-corrected chi connectivity index (χ4v) is 2.61. The Morgan fingerprint density at radius 1 is 1.35 bits per heavy atom. The fourth-order valence-electron chi connectivity index (χ4n) is 2.05. The quantitative estimate of drug-likeness (QED) is 0.873. The number of pyridine rings is 1. The lowest BCUT2D eigenvalue weighted by Crippen LogP contribution is -2.21. The van der Waals surface area contributed by atoms with E-state index in [9.17, 15) is 0 Å². The second kappa shape index (κ2) is 7.41. The van der Waals surface area contributed by atoms with Gasteiger partial charge in [-0.3, -0.25) is 4.98 Å². The lowest BCUT2D eigenvalue weighted by atomic mass is 10.1. The topological polar surface area (TPSA) is 34.1 Å². The predicted octanol–water partition coefficient (Wildman–Crippen LogP) is 3.75. The van der Waals surface area contributed by atoms with Crippen LogP contribution in [0.15, 0.2) is 47.2 Å². The molecule has 4 heteroatoms. The number of rotatable bonds is 6. The molecule has 1 N–H and O–H groups in total. The van der Waals surface area contributed by atoms with Crippen LogP contribution in [0.3, 0.4) is 0 Å². The first-order chi connectivity index (χ1) is 9.70. The Labute approximate surface area is 128 Å². The molecular weight excluding hydrogens is 316 g/mol. The lowest BCUT2D eigenvalue weighted by Gasteiger charge is -2.15. The molecule has 1 atom stereocenters. The predicted molar refractivity (Wildman–Crippen MR) is 85.1 cm³/mol. The smallest absolute Gasteiger partial charge is 0.133 e. The summed E-state index contributed by atoms with van der Waals surface area (Å²) < 4.78 is 6.23. The minimum atomic E-state index is 0.300. The summed E-state index contributed by atoms with van der Waals surface area (Å²) in [7, 11) is 1.68. The van der Waals surface area contributed by atoms with Gasteiger partial charge >= 0.3 is 0 Å². The summed E-state index contributed by atoms with van der Waals surface area (Å²) >= 11 is 3.52. The van der Waals surface area contributed by atoms with Crippen molar-refractivity contribution < 1.29 is 4.74 Å². The van der Waals surface area contributed by atoms with Crippen molar-refractivity contribution in [3.63, 3.8) is 0 Å². The molecule has 1 aromatic carbocycles. The second-order valence-corrected chi connectivity index (χ2v) is 5.54. The third kappa shape index (κ3) is 4.05. The molecule has 2 aromatic rings. The van der Waals surface area contributed by atoms with Crippen molar-refractivity contribution in [3.8, 4) is 5.75 Å². The van der Waals surface area contributed by atoms with E-state index in [1.807, 2.05) is 18.3 Å². The van der Waals surface area contributed by atoms with Crippen LogP contribution in [-0.4, -0.2) is 18.6 Å². The van der Waals surface area contributed by atoms with Gasteiger partial charge in [0, 0.05) is 18.4 Å². The minimum absolute atomic E-state index is 0.300. The molecule has 0 aliphatic rings. The van der Waals surface area contributed by atoms with E-state index >= 15 is 0 Å². The number of hydrogen-bond acceptors (Lipinski definition) is 3. The molecule has 20 heavy (non-hydrogen) atoms. The first-order valence-corrected chi connectivity index (χ1v) is 7.45. The highest BCUT2D eigenvalue weighted by atomic mass is 79.9. The summed E-state index contributed by atoms with van der Waals surface area (Å²) in [4.78, 5) is 4.12. The Bertz CT molecular complexity index is 545. The number of nitrogens with one attached hydrogen (secondary N) is 1. The van der Waals surface area contributed by atoms with Gasteiger partial charge < -0.3 is 10.1 Å². The van der Waals surface area contributed by atoms with Crippen LogP contribution in [-0.2, 0) is 6.42 Å². The highest BCUT2D eigenvalue weighted by molar-refractivity contribution is 9.10. The summed E-state index contributed by atoms with van der Waals surface area (Å²) in [6.45, 7) is 3.09. The number of methoxy groups -OCH3 is 1. The summed E-state index contributed by atoms with van der Waals surface area (Å²) in [5.41, 5.74) is 2.49. The summed E-state index contributed by atoms with van der Waals surface area (Å²) in [6, 6.07) is 10.5. The van der Waals surface area contributed by atoms with Crippen LogP contribution in [0.25, 0.3) is 0 Å². The Hall–Kier alpha value is -1.39. The molecule has 0 aliphatic carbocycles. The van der Waals surface area contributed by atoms with E-state index in [-0.39, 0.29) is 0 Å². The SMILES string of the molecule is COc1ccc(C(C)NCCc2cccnc2)cc1Br. The van der Waals surface area contributed by atoms with Gasteiger partial charge in [-0.1, -0.05) is 12.1 Å². The van der Waals surface area contributed by atoms with Gasteiger partial charge in [-0.15, -0.1) is 0 Å². The molecule has 3 nitrogen and oxygen atoms in total. The molecule has 2 rings (SSSR count). The van der Waals surface area contributed by atoms with E-state index < -0.39 is 0 Å². The van der Waals surface area contributed by atoms with Crippen molar-refractivity contribution in [1.82, 2.24) is 10.3 Å². The van der Waals surface area contributed by atoms with Crippen LogP contribution in [0.4, 0.5) is 0 Å². The van der Waals surface area contributed by atoms with E-state index in [4.69, 9.17) is 4.74 Å². The third-order valence-electron chi connectivity index (χ3n) is 3.26. The molecule has 0 fully saturated rings. The van der Waals surface area contributed by atoms with E-state index in [0.717, 1.165) is 23.2 Å². The molecule has 0 amide bonds. The van der Waals surface area contributed by atoms with Crippen molar-refractivity contribution in [2.75, 3.05) is 13.7 Å². The maximum Gasteiger partial charge on any atom is 0.133 e. The Morgan fingerprint density at radius 3 is 2.85 bits per heavy atom. The third-order valence-corrected chi connectivity index (χ3v) is 3.88. The summed E-state index contributed by atoms with van der Waals surface area (Å²) in [5.74, 6) is 0.858. The molecule has 0 saturated heterocycles. The van der Waals surface area contributed by atoms with Crippen molar-refractivity contribution in [1.29, 1.82) is 0 Å². The maximum atomic E-state index is 5.24. The largest absolute Gasteiger partial charge is 0.496 e. The standard InChI is InChI=1S/C16H19BrN2O/c1-12(14-5-6-16(20-2)15(17)10-14)19-9-7-13-4-3-8-18-11-13/h3-6,8,10-12,19H,7,9H2,1-2H3. The number of nitrogens with zero attached hydrogens (tertiary/aromatic N) is 1. The van der Waals surface area contributed by atoms with Gasteiger partial charge in [-0.2, -0.15) is 0 Å². The van der Waals surface area contributed by atoms with Crippen molar-refractivity contribution in [2.24, 2.45) is 0 Å². The van der Waals surface area contributed by atoms with E-state index in [2.05, 4.69) is 51.4 Å². The van der Waals surface area contributed by atoms with Gasteiger partial charge in [0.15, 0.2) is 0 Å². The van der Waals surface area contributed by atoms with Crippen LogP contribution < -0.4 is 10.1 Å². The monoisotopic (exact) mass is 334 g/mol. The van der Waals surface area contributed by atoms with Crippen LogP contribution in [0.5, 0.6) is 5.75 Å². The van der Waals surface area contributed by atoms with Gasteiger partial charge in [0.05, 0.1) is 11.6 Å². The first kappa shape index (κ1) is 15.0. The normalized spacial score (nSPS) is 12.2. The summed E-state index contributed by atoms with van der Waals surface area (Å²) in [5, 5.41) is 3.52. The van der Waals surface area contributed by atoms with Crippen molar-refractivity contribution >= 4 is 15.9 Å². The zero-order valence-corrected chi connectivity index (χ0v) is 13.4. The fraction of sp³-hybridized carbons (Fsp3) is 0.312. The Balaban J connectivity index is 1.88. The minimum Gasteiger partial charge on any atom is -0.496 e. The van der Waals surface area contributed by atoms with Crippen LogP contribution in [0, 0.1) is 0 Å². The van der Waals surface area contributed by atoms with Gasteiger partial charge in [0.2, 0.25) is 0 Å². The Morgan fingerprint density at radius 2 is 2.20 bits per heavy atom. The lowest BCUT2D eigenvalue weighted by molar-refractivity contribution is 0.411. The van der Waals surface area contributed by atoms with Crippen molar-refractivity contribution in [2.45, 2.75) is 19.4 Å². The molecule has 0 spiro atoms. The van der Waals surface area contributed by atoms with E-state index in [1.165, 1.54) is 11.1 Å². The van der Waals surface area contributed by atoms with Crippen LogP contribution in [0.1, 0.15) is 24.1 Å². The highest BCUT2D eigenvalue weighted by Gasteiger charge is 2.07. The van der Waals surface area contributed by atoms with Gasteiger partial charge in [-0.05, 0) is 65.1 Å². The molecule has 1 aromatic heterocycles. The van der Waals surface area contributed by atoms with Gasteiger partial charge in [0.1, 0.15) is 5.75 Å². The maximum absolute atomic E-state index is 5.24. The Kier molecular flexibility index (Phi) is 5.56. The number of hydrogen-bond donors (Lipinski definition) is 1. The average Bonchev–Trinajstić information content (AvgIpc) is 2.48. The molecule has 106 valence electrons. The molecule has 0 aliphatic heterocycles. The zero-order chi connectivity index (χ0) is 14.4. The van der Waals surface area contributed by atoms with Crippen molar-refractivity contribution in [3.05, 3.63) is 58.3 Å². The molecule has 0 bridgehead atoms. The number of benzene rings is 1. The van der Waals surface area contributed by atoms with Crippen LogP contribution >= 0.6 is 15.9 Å². The zero-order valence-electron chi connectivity index (χ0n) is 11.8. The molecule has 0 radical (unpaired) electrons. The highest BCUT2D eigenvalue weighted by Crippen LogP contribution is 2.27. The number of ether oxygens (including phenoxy) is 1. The van der Waals surface area contributed by atoms with E-state index in [0.29, 0.717) is 6.04 Å². The average molecular weight is 335 g/mol. The molecular formula is C16H19BrN2O. The van der Waals surface area contributed by atoms with Gasteiger partial charge in [-0.25, -0.2) is 0 Å². The number of aromatic nitrogens is 1. The van der Waals surface area contributed by atoms with Gasteiger partial charge in [0.25, 0.3) is 0 Å².